The van der Waals surface area contributed by atoms with Crippen LogP contribution in [0.1, 0.15) is 32.4 Å². The molecule has 0 aliphatic carbocycles. The van der Waals surface area contributed by atoms with Gasteiger partial charge in [0.2, 0.25) is 0 Å². The Morgan fingerprint density at radius 2 is 2.20 bits per heavy atom. The molecule has 1 aromatic rings. The Morgan fingerprint density at radius 1 is 1.45 bits per heavy atom. The van der Waals surface area contributed by atoms with Crippen LogP contribution >= 0.6 is 0 Å². The van der Waals surface area contributed by atoms with Crippen molar-refractivity contribution in [3.8, 4) is 5.75 Å². The molecular formula is C16H24N2O2. The fraction of sp³-hybridized carbons (Fsp3) is 0.438. The summed E-state index contributed by atoms with van der Waals surface area (Å²) in [5.74, 6) is 0.559. The number of amides is 1. The lowest BCUT2D eigenvalue weighted by molar-refractivity contribution is -0.127. The van der Waals surface area contributed by atoms with Crippen LogP contribution in [0.4, 0.5) is 0 Å². The minimum atomic E-state index is -0.528. The van der Waals surface area contributed by atoms with Gasteiger partial charge in [0.25, 0.3) is 5.91 Å². The van der Waals surface area contributed by atoms with Crippen LogP contribution in [-0.2, 0) is 4.79 Å². The van der Waals surface area contributed by atoms with Gasteiger partial charge in [0, 0.05) is 12.6 Å². The van der Waals surface area contributed by atoms with Gasteiger partial charge in [0.05, 0.1) is 0 Å². The number of hydrogen-bond acceptors (Lipinski definition) is 3. The van der Waals surface area contributed by atoms with Crippen LogP contribution in [0.5, 0.6) is 5.75 Å². The summed E-state index contributed by atoms with van der Waals surface area (Å²) in [4.78, 5) is 11.7. The monoisotopic (exact) mass is 276 g/mol. The molecule has 0 aliphatic rings. The molecule has 2 atom stereocenters. The Labute approximate surface area is 121 Å². The third-order valence-electron chi connectivity index (χ3n) is 2.97. The number of nitrogens with one attached hydrogen (secondary N) is 2. The Hall–Kier alpha value is -1.81. The van der Waals surface area contributed by atoms with Crippen LogP contribution in [0.15, 0.2) is 36.9 Å². The van der Waals surface area contributed by atoms with E-state index in [9.17, 15) is 4.79 Å². The van der Waals surface area contributed by atoms with Gasteiger partial charge in [-0.05, 0) is 38.1 Å². The lowest BCUT2D eigenvalue weighted by Gasteiger charge is -2.17. The van der Waals surface area contributed by atoms with E-state index in [-0.39, 0.29) is 11.9 Å². The van der Waals surface area contributed by atoms with Crippen LogP contribution in [0, 0.1) is 0 Å². The Bertz CT molecular complexity index is 446. The normalized spacial score (nSPS) is 13.3. The van der Waals surface area contributed by atoms with Crippen molar-refractivity contribution in [1.82, 2.24) is 10.6 Å². The number of rotatable bonds is 8. The maximum atomic E-state index is 11.7. The summed E-state index contributed by atoms with van der Waals surface area (Å²) in [6, 6.07) is 8.06. The van der Waals surface area contributed by atoms with E-state index < -0.39 is 6.10 Å². The SMILES string of the molecule is C=CCNC(=O)C(C)Oc1cccc(C(C)NCC)c1. The van der Waals surface area contributed by atoms with E-state index in [1.807, 2.05) is 24.3 Å². The van der Waals surface area contributed by atoms with Gasteiger partial charge < -0.3 is 15.4 Å². The number of benzene rings is 1. The second-order valence-electron chi connectivity index (χ2n) is 4.65. The first-order chi connectivity index (χ1) is 9.58. The fourth-order valence-corrected chi connectivity index (χ4v) is 1.86. The molecule has 110 valence electrons. The van der Waals surface area contributed by atoms with Crippen molar-refractivity contribution in [1.29, 1.82) is 0 Å². The number of carbonyl (C=O) groups excluding carboxylic acids is 1. The highest BCUT2D eigenvalue weighted by atomic mass is 16.5. The summed E-state index contributed by atoms with van der Waals surface area (Å²) in [5.41, 5.74) is 1.14. The molecule has 0 bridgehead atoms. The molecule has 2 unspecified atom stereocenters. The molecule has 0 aliphatic heterocycles. The molecule has 2 N–H and O–H groups in total. The molecule has 0 spiro atoms. The molecule has 1 rings (SSSR count). The average molecular weight is 276 g/mol. The largest absolute Gasteiger partial charge is 0.481 e. The van der Waals surface area contributed by atoms with Gasteiger partial charge in [-0.3, -0.25) is 4.79 Å². The molecule has 0 saturated carbocycles. The third-order valence-corrected chi connectivity index (χ3v) is 2.97. The summed E-state index contributed by atoms with van der Waals surface area (Å²) < 4.78 is 5.67. The zero-order chi connectivity index (χ0) is 15.0. The topological polar surface area (TPSA) is 50.4 Å². The van der Waals surface area contributed by atoms with Crippen molar-refractivity contribution in [3.63, 3.8) is 0 Å². The number of ether oxygens (including phenoxy) is 1. The molecule has 1 aromatic carbocycles. The first-order valence-electron chi connectivity index (χ1n) is 6.97. The van der Waals surface area contributed by atoms with E-state index in [0.29, 0.717) is 12.3 Å². The fourth-order valence-electron chi connectivity index (χ4n) is 1.86. The molecule has 20 heavy (non-hydrogen) atoms. The summed E-state index contributed by atoms with van der Waals surface area (Å²) >= 11 is 0. The third kappa shape index (κ3) is 5.05. The summed E-state index contributed by atoms with van der Waals surface area (Å²) in [7, 11) is 0. The molecule has 0 aromatic heterocycles. The van der Waals surface area contributed by atoms with Gasteiger partial charge in [0.1, 0.15) is 5.75 Å². The van der Waals surface area contributed by atoms with Gasteiger partial charge in [-0.15, -0.1) is 6.58 Å². The van der Waals surface area contributed by atoms with Crippen molar-refractivity contribution in [3.05, 3.63) is 42.5 Å². The second kappa shape index (κ2) is 8.38. The maximum absolute atomic E-state index is 11.7. The molecule has 4 heteroatoms. The smallest absolute Gasteiger partial charge is 0.261 e. The standard InChI is InChI=1S/C16H24N2O2/c1-5-10-18-16(19)13(4)20-15-9-7-8-14(11-15)12(3)17-6-2/h5,7-9,11-13,17H,1,6,10H2,2-4H3,(H,18,19). The van der Waals surface area contributed by atoms with Crippen LogP contribution in [0.25, 0.3) is 0 Å². The van der Waals surface area contributed by atoms with Gasteiger partial charge >= 0.3 is 0 Å². The molecule has 0 radical (unpaired) electrons. The summed E-state index contributed by atoms with van der Waals surface area (Å²) in [6.07, 6.45) is 1.11. The van der Waals surface area contributed by atoms with Crippen molar-refractivity contribution >= 4 is 5.91 Å². The Kier molecular flexibility index (Phi) is 6.81. The van der Waals surface area contributed by atoms with E-state index in [4.69, 9.17) is 4.74 Å². The Morgan fingerprint density at radius 3 is 2.85 bits per heavy atom. The van der Waals surface area contributed by atoms with Crippen LogP contribution in [0.2, 0.25) is 0 Å². The highest BCUT2D eigenvalue weighted by molar-refractivity contribution is 5.80. The van der Waals surface area contributed by atoms with Gasteiger partial charge in [-0.2, -0.15) is 0 Å². The minimum absolute atomic E-state index is 0.143. The van der Waals surface area contributed by atoms with Crippen LogP contribution in [0.3, 0.4) is 0 Å². The lowest BCUT2D eigenvalue weighted by atomic mass is 10.1. The quantitative estimate of drug-likeness (QED) is 0.717. The van der Waals surface area contributed by atoms with Crippen LogP contribution in [-0.4, -0.2) is 25.1 Å². The molecular weight excluding hydrogens is 252 g/mol. The highest BCUT2D eigenvalue weighted by Crippen LogP contribution is 2.20. The van der Waals surface area contributed by atoms with E-state index >= 15 is 0 Å². The van der Waals surface area contributed by atoms with Crippen LogP contribution < -0.4 is 15.4 Å². The molecule has 0 heterocycles. The molecule has 4 nitrogen and oxygen atoms in total. The van der Waals surface area contributed by atoms with Crippen molar-refractivity contribution in [2.24, 2.45) is 0 Å². The Balaban J connectivity index is 2.65. The second-order valence-corrected chi connectivity index (χ2v) is 4.65. The number of carbonyl (C=O) groups is 1. The first-order valence-corrected chi connectivity index (χ1v) is 6.97. The maximum Gasteiger partial charge on any atom is 0.261 e. The molecule has 1 amide bonds. The minimum Gasteiger partial charge on any atom is -0.481 e. The molecule has 0 fully saturated rings. The lowest BCUT2D eigenvalue weighted by Crippen LogP contribution is -2.36. The summed E-state index contributed by atoms with van der Waals surface area (Å²) in [5, 5.41) is 6.06. The van der Waals surface area contributed by atoms with E-state index in [0.717, 1.165) is 12.1 Å². The van der Waals surface area contributed by atoms with Crippen molar-refractivity contribution in [2.75, 3.05) is 13.1 Å². The average Bonchev–Trinajstić information content (AvgIpc) is 2.45. The molecule has 0 saturated heterocycles. The van der Waals surface area contributed by atoms with Gasteiger partial charge in [-0.1, -0.05) is 25.1 Å². The van der Waals surface area contributed by atoms with E-state index in [1.165, 1.54) is 0 Å². The number of hydrogen-bond donors (Lipinski definition) is 2. The zero-order valence-electron chi connectivity index (χ0n) is 12.5. The van der Waals surface area contributed by atoms with Gasteiger partial charge in [0.15, 0.2) is 6.10 Å². The predicted molar refractivity (Wildman–Crippen MR) is 81.8 cm³/mol. The zero-order valence-corrected chi connectivity index (χ0v) is 12.5. The van der Waals surface area contributed by atoms with Crippen molar-refractivity contribution < 1.29 is 9.53 Å². The first kappa shape index (κ1) is 16.2. The van der Waals surface area contributed by atoms with E-state index in [2.05, 4.69) is 31.1 Å². The van der Waals surface area contributed by atoms with Crippen molar-refractivity contribution in [2.45, 2.75) is 32.9 Å². The van der Waals surface area contributed by atoms with E-state index in [1.54, 1.807) is 13.0 Å². The highest BCUT2D eigenvalue weighted by Gasteiger charge is 2.14. The predicted octanol–water partition coefficient (Wildman–Crippen LogP) is 2.43. The van der Waals surface area contributed by atoms with Gasteiger partial charge in [-0.25, -0.2) is 0 Å². The summed E-state index contributed by atoms with van der Waals surface area (Å²) in [6.45, 7) is 10.8.